The highest BCUT2D eigenvalue weighted by Crippen LogP contribution is 2.26. The molecule has 1 fully saturated rings. The lowest BCUT2D eigenvalue weighted by atomic mass is 9.93. The van der Waals surface area contributed by atoms with Crippen LogP contribution < -0.4 is 0 Å². The number of aromatic nitrogens is 2. The van der Waals surface area contributed by atoms with Gasteiger partial charge in [-0.2, -0.15) is 0 Å². The Morgan fingerprint density at radius 2 is 2.24 bits per heavy atom. The van der Waals surface area contributed by atoms with Crippen LogP contribution in [0.5, 0.6) is 0 Å². The van der Waals surface area contributed by atoms with Gasteiger partial charge >= 0.3 is 5.97 Å². The van der Waals surface area contributed by atoms with Crippen LogP contribution >= 0.6 is 11.5 Å². The molecular weight excluding hydrogens is 290 g/mol. The summed E-state index contributed by atoms with van der Waals surface area (Å²) < 4.78 is 3.90. The van der Waals surface area contributed by atoms with Crippen LogP contribution in [0.3, 0.4) is 0 Å². The molecule has 1 aromatic rings. The minimum absolute atomic E-state index is 0.00581. The highest BCUT2D eigenvalue weighted by atomic mass is 32.1. The van der Waals surface area contributed by atoms with Crippen molar-refractivity contribution in [2.75, 3.05) is 13.1 Å². The average Bonchev–Trinajstić information content (AvgIpc) is 2.94. The molecule has 1 unspecified atom stereocenters. The van der Waals surface area contributed by atoms with Crippen LogP contribution in [0.2, 0.25) is 0 Å². The summed E-state index contributed by atoms with van der Waals surface area (Å²) in [7, 11) is 0. The second-order valence-corrected chi connectivity index (χ2v) is 6.59. The molecular formula is C14H21N3O3S. The number of nitrogens with zero attached hydrogens (tertiary/aromatic N) is 3. The molecule has 0 radical (unpaired) electrons. The Morgan fingerprint density at radius 1 is 1.48 bits per heavy atom. The first kappa shape index (κ1) is 15.9. The first-order valence-electron chi connectivity index (χ1n) is 7.32. The molecule has 1 N–H and O–H groups in total. The maximum absolute atomic E-state index is 12.6. The number of carbonyl (C=O) groups excluding carboxylic acids is 1. The summed E-state index contributed by atoms with van der Waals surface area (Å²) >= 11 is 1.15. The molecule has 1 aliphatic rings. The Labute approximate surface area is 128 Å². The van der Waals surface area contributed by atoms with Crippen LogP contribution in [0, 0.1) is 5.92 Å². The number of piperidine rings is 1. The number of likely N-dealkylation sites (tertiary alicyclic amines) is 1. The minimum Gasteiger partial charge on any atom is -0.481 e. The number of hydrogen-bond donors (Lipinski definition) is 1. The molecule has 116 valence electrons. The number of amides is 1. The zero-order valence-corrected chi connectivity index (χ0v) is 13.2. The average molecular weight is 311 g/mol. The second-order valence-electron chi connectivity index (χ2n) is 5.83. The number of carbonyl (C=O) groups is 2. The molecule has 0 spiro atoms. The fourth-order valence-corrected chi connectivity index (χ4v) is 3.47. The Balaban J connectivity index is 2.01. The quantitative estimate of drug-likeness (QED) is 0.902. The van der Waals surface area contributed by atoms with Crippen LogP contribution in [0.15, 0.2) is 0 Å². The summed E-state index contributed by atoms with van der Waals surface area (Å²) in [5.74, 6) is -0.321. The monoisotopic (exact) mass is 311 g/mol. The maximum atomic E-state index is 12.6. The molecule has 1 saturated heterocycles. The molecule has 0 saturated carbocycles. The summed E-state index contributed by atoms with van der Waals surface area (Å²) in [4.78, 5) is 25.7. The van der Waals surface area contributed by atoms with Crippen molar-refractivity contribution in [2.24, 2.45) is 5.92 Å². The molecule has 1 aromatic heterocycles. The van der Waals surface area contributed by atoms with E-state index < -0.39 is 5.97 Å². The second kappa shape index (κ2) is 6.98. The van der Waals surface area contributed by atoms with Crippen molar-refractivity contribution in [3.8, 4) is 0 Å². The summed E-state index contributed by atoms with van der Waals surface area (Å²) in [5, 5.41) is 12.8. The predicted octanol–water partition coefficient (Wildman–Crippen LogP) is 2.38. The van der Waals surface area contributed by atoms with Crippen molar-refractivity contribution in [1.82, 2.24) is 14.5 Å². The van der Waals surface area contributed by atoms with Gasteiger partial charge in [-0.15, -0.1) is 5.10 Å². The standard InChI is InChI=1S/C14H21N3O3S/c1-9(2)12-13(21-16-15-12)14(20)17-7-3-4-10(8-17)5-6-11(18)19/h9-10H,3-8H2,1-2H3,(H,18,19). The van der Waals surface area contributed by atoms with Crippen LogP contribution in [0.4, 0.5) is 0 Å². The Hall–Kier alpha value is -1.50. The number of aliphatic carboxylic acids is 1. The van der Waals surface area contributed by atoms with E-state index in [4.69, 9.17) is 5.11 Å². The van der Waals surface area contributed by atoms with E-state index in [9.17, 15) is 9.59 Å². The first-order valence-corrected chi connectivity index (χ1v) is 8.09. The summed E-state index contributed by atoms with van der Waals surface area (Å²) in [6.45, 7) is 5.37. The third-order valence-electron chi connectivity index (χ3n) is 3.83. The summed E-state index contributed by atoms with van der Waals surface area (Å²) in [5.41, 5.74) is 0.762. The van der Waals surface area contributed by atoms with Gasteiger partial charge in [-0.3, -0.25) is 9.59 Å². The topological polar surface area (TPSA) is 83.4 Å². The van der Waals surface area contributed by atoms with Crippen molar-refractivity contribution in [1.29, 1.82) is 0 Å². The molecule has 6 nitrogen and oxygen atoms in total. The van der Waals surface area contributed by atoms with Crippen LogP contribution in [0.1, 0.15) is 60.8 Å². The molecule has 0 aliphatic carbocycles. The molecule has 7 heteroatoms. The van der Waals surface area contributed by atoms with E-state index in [0.29, 0.717) is 17.8 Å². The summed E-state index contributed by atoms with van der Waals surface area (Å²) in [6, 6.07) is 0. The van der Waals surface area contributed by atoms with Crippen molar-refractivity contribution in [3.05, 3.63) is 10.6 Å². The molecule has 1 amide bonds. The lowest BCUT2D eigenvalue weighted by Gasteiger charge is -2.32. The molecule has 2 heterocycles. The zero-order chi connectivity index (χ0) is 15.4. The SMILES string of the molecule is CC(C)c1nnsc1C(=O)N1CCCC(CCC(=O)O)C1. The van der Waals surface area contributed by atoms with E-state index in [-0.39, 0.29) is 24.2 Å². The fourth-order valence-electron chi connectivity index (χ4n) is 2.68. The van der Waals surface area contributed by atoms with Crippen LogP contribution in [-0.4, -0.2) is 44.6 Å². The van der Waals surface area contributed by atoms with Crippen molar-refractivity contribution >= 4 is 23.4 Å². The molecule has 21 heavy (non-hydrogen) atoms. The van der Waals surface area contributed by atoms with E-state index in [1.807, 2.05) is 18.7 Å². The Kier molecular flexibility index (Phi) is 5.27. The van der Waals surface area contributed by atoms with Crippen LogP contribution in [0.25, 0.3) is 0 Å². The van der Waals surface area contributed by atoms with Gasteiger partial charge in [0.25, 0.3) is 5.91 Å². The van der Waals surface area contributed by atoms with Gasteiger partial charge in [0.05, 0.1) is 5.69 Å². The Bertz CT molecular complexity index is 515. The molecule has 2 rings (SSSR count). The van der Waals surface area contributed by atoms with E-state index >= 15 is 0 Å². The lowest BCUT2D eigenvalue weighted by molar-refractivity contribution is -0.137. The number of carboxylic acid groups (broad SMARTS) is 1. The maximum Gasteiger partial charge on any atom is 0.303 e. The fraction of sp³-hybridized carbons (Fsp3) is 0.714. The van der Waals surface area contributed by atoms with Gasteiger partial charge < -0.3 is 10.0 Å². The highest BCUT2D eigenvalue weighted by Gasteiger charge is 2.28. The van der Waals surface area contributed by atoms with Gasteiger partial charge in [0.15, 0.2) is 0 Å². The Morgan fingerprint density at radius 3 is 2.90 bits per heavy atom. The lowest BCUT2D eigenvalue weighted by Crippen LogP contribution is -2.40. The van der Waals surface area contributed by atoms with Gasteiger partial charge in [-0.1, -0.05) is 18.3 Å². The normalized spacial score (nSPS) is 19.0. The van der Waals surface area contributed by atoms with Crippen molar-refractivity contribution < 1.29 is 14.7 Å². The van der Waals surface area contributed by atoms with Gasteiger partial charge in [0.1, 0.15) is 4.88 Å². The van der Waals surface area contributed by atoms with Gasteiger partial charge in [-0.05, 0) is 42.6 Å². The molecule has 1 atom stereocenters. The molecule has 0 aromatic carbocycles. The first-order chi connectivity index (χ1) is 9.99. The van der Waals surface area contributed by atoms with Crippen molar-refractivity contribution in [3.63, 3.8) is 0 Å². The van der Waals surface area contributed by atoms with Gasteiger partial charge in [0.2, 0.25) is 0 Å². The zero-order valence-electron chi connectivity index (χ0n) is 12.4. The third kappa shape index (κ3) is 4.00. The highest BCUT2D eigenvalue weighted by molar-refractivity contribution is 7.08. The molecule has 1 aliphatic heterocycles. The van der Waals surface area contributed by atoms with Gasteiger partial charge in [-0.25, -0.2) is 0 Å². The predicted molar refractivity (Wildman–Crippen MR) is 79.5 cm³/mol. The third-order valence-corrected chi connectivity index (χ3v) is 4.56. The van der Waals surface area contributed by atoms with E-state index in [1.165, 1.54) is 0 Å². The number of rotatable bonds is 5. The summed E-state index contributed by atoms with van der Waals surface area (Å²) in [6.07, 6.45) is 2.73. The number of carboxylic acids is 1. The van der Waals surface area contributed by atoms with Gasteiger partial charge in [0, 0.05) is 19.5 Å². The van der Waals surface area contributed by atoms with E-state index in [1.54, 1.807) is 0 Å². The smallest absolute Gasteiger partial charge is 0.303 e. The number of hydrogen-bond acceptors (Lipinski definition) is 5. The minimum atomic E-state index is -0.771. The van der Waals surface area contributed by atoms with E-state index in [2.05, 4.69) is 9.59 Å². The van der Waals surface area contributed by atoms with Crippen molar-refractivity contribution in [2.45, 2.75) is 45.4 Å². The molecule has 0 bridgehead atoms. The largest absolute Gasteiger partial charge is 0.481 e. The van der Waals surface area contributed by atoms with Crippen LogP contribution in [-0.2, 0) is 4.79 Å². The van der Waals surface area contributed by atoms with E-state index in [0.717, 1.165) is 36.6 Å².